The Hall–Kier alpha value is -2.29. The number of hydrogen-bond donors (Lipinski definition) is 3. The van der Waals surface area contributed by atoms with E-state index < -0.39 is 22.0 Å². The van der Waals surface area contributed by atoms with Crippen LogP contribution in [0.3, 0.4) is 0 Å². The Morgan fingerprint density at radius 2 is 2.09 bits per heavy atom. The van der Waals surface area contributed by atoms with E-state index in [9.17, 15) is 13.2 Å². The summed E-state index contributed by atoms with van der Waals surface area (Å²) in [6.45, 7) is 1.66. The van der Waals surface area contributed by atoms with Crippen LogP contribution in [0.2, 0.25) is 0 Å². The minimum atomic E-state index is -3.79. The fourth-order valence-electron chi connectivity index (χ4n) is 1.99. The zero-order chi connectivity index (χ0) is 16.5. The van der Waals surface area contributed by atoms with Crippen molar-refractivity contribution in [1.29, 1.82) is 0 Å². The molecule has 1 aromatic carbocycles. The van der Waals surface area contributed by atoms with Crippen LogP contribution < -0.4 is 14.9 Å². The highest BCUT2D eigenvalue weighted by atomic mass is 32.2. The van der Waals surface area contributed by atoms with E-state index in [1.54, 1.807) is 24.0 Å². The van der Waals surface area contributed by atoms with Crippen LogP contribution in [-0.2, 0) is 14.8 Å². The number of aliphatic imine (C=N–C) groups is 1. The average Bonchev–Trinajstić information content (AvgIpc) is 2.43. The van der Waals surface area contributed by atoms with Crippen molar-refractivity contribution < 1.29 is 18.3 Å². The second kappa shape index (κ2) is 5.84. The number of anilines is 2. The summed E-state index contributed by atoms with van der Waals surface area (Å²) in [6, 6.07) is 3.92. The highest BCUT2D eigenvalue weighted by molar-refractivity contribution is 7.90. The number of carboxylic acids is 1. The van der Waals surface area contributed by atoms with Gasteiger partial charge in [0.05, 0.1) is 5.69 Å². The number of fused-ring (bicyclic) bond motifs is 1. The molecule has 1 aliphatic heterocycles. The van der Waals surface area contributed by atoms with Crippen LogP contribution in [0.5, 0.6) is 0 Å². The Kier molecular flexibility index (Phi) is 4.27. The zero-order valence-electron chi connectivity index (χ0n) is 12.5. The lowest BCUT2D eigenvalue weighted by atomic mass is 10.2. The number of sulfonamides is 1. The van der Waals surface area contributed by atoms with Gasteiger partial charge in [0.25, 0.3) is 10.0 Å². The molecule has 8 nitrogen and oxygen atoms in total. The van der Waals surface area contributed by atoms with E-state index in [1.165, 1.54) is 6.07 Å². The first-order valence-electron chi connectivity index (χ1n) is 6.66. The van der Waals surface area contributed by atoms with Gasteiger partial charge in [-0.25, -0.2) is 22.9 Å². The predicted octanol–water partition coefficient (Wildman–Crippen LogP) is 0.676. The number of hydrogen-bond acceptors (Lipinski definition) is 5. The van der Waals surface area contributed by atoms with Crippen molar-refractivity contribution in [3.05, 3.63) is 18.2 Å². The third-order valence-electron chi connectivity index (χ3n) is 3.21. The van der Waals surface area contributed by atoms with E-state index in [2.05, 4.69) is 15.0 Å². The smallest absolute Gasteiger partial charge is 0.328 e. The highest BCUT2D eigenvalue weighted by Crippen LogP contribution is 2.28. The van der Waals surface area contributed by atoms with E-state index in [1.807, 2.05) is 14.1 Å². The van der Waals surface area contributed by atoms with Crippen molar-refractivity contribution in [2.24, 2.45) is 4.99 Å². The quantitative estimate of drug-likeness (QED) is 0.750. The summed E-state index contributed by atoms with van der Waals surface area (Å²) in [6.07, 6.45) is 0.259. The summed E-state index contributed by atoms with van der Waals surface area (Å²) in [5.41, 5.74) is 1.10. The molecule has 1 heterocycles. The van der Waals surface area contributed by atoms with Gasteiger partial charge in [0, 0.05) is 19.8 Å². The number of nitrogens with zero attached hydrogens (tertiary/aromatic N) is 2. The molecule has 0 saturated heterocycles. The molecule has 22 heavy (non-hydrogen) atoms. The average molecular weight is 326 g/mol. The van der Waals surface area contributed by atoms with Crippen LogP contribution in [0.25, 0.3) is 0 Å². The normalized spacial score (nSPS) is 18.8. The first-order chi connectivity index (χ1) is 10.2. The summed E-state index contributed by atoms with van der Waals surface area (Å²) >= 11 is 0. The van der Waals surface area contributed by atoms with E-state index in [0.717, 1.165) is 5.69 Å². The summed E-state index contributed by atoms with van der Waals surface area (Å²) in [5, 5.41) is 11.8. The molecule has 1 aliphatic rings. The second-order valence-electron chi connectivity index (χ2n) is 5.05. The Bertz CT molecular complexity index is 728. The van der Waals surface area contributed by atoms with Gasteiger partial charge in [0.1, 0.15) is 4.90 Å². The molecule has 1 aromatic rings. The number of aliphatic carboxylic acids is 1. The lowest BCUT2D eigenvalue weighted by Gasteiger charge is -2.24. The van der Waals surface area contributed by atoms with Crippen LogP contribution in [0.1, 0.15) is 13.3 Å². The lowest BCUT2D eigenvalue weighted by molar-refractivity contribution is -0.138. The molecule has 0 fully saturated rings. The van der Waals surface area contributed by atoms with Crippen LogP contribution in [-0.4, -0.2) is 45.6 Å². The summed E-state index contributed by atoms with van der Waals surface area (Å²) in [5.74, 6) is -1.19. The van der Waals surface area contributed by atoms with Crippen LogP contribution in [0.4, 0.5) is 11.4 Å². The number of carboxylic acid groups (broad SMARTS) is 1. The van der Waals surface area contributed by atoms with Crippen molar-refractivity contribution >= 4 is 33.3 Å². The molecule has 0 bridgehead atoms. The van der Waals surface area contributed by atoms with Crippen molar-refractivity contribution in [3.63, 3.8) is 0 Å². The van der Waals surface area contributed by atoms with Crippen LogP contribution >= 0.6 is 0 Å². The van der Waals surface area contributed by atoms with Crippen molar-refractivity contribution in [1.82, 2.24) is 4.72 Å². The van der Waals surface area contributed by atoms with Crippen molar-refractivity contribution in [3.8, 4) is 0 Å². The maximum Gasteiger partial charge on any atom is 0.328 e. The van der Waals surface area contributed by atoms with Gasteiger partial charge in [-0.2, -0.15) is 0 Å². The van der Waals surface area contributed by atoms with Crippen LogP contribution in [0.15, 0.2) is 28.1 Å². The molecule has 0 aliphatic carbocycles. The summed E-state index contributed by atoms with van der Waals surface area (Å²) < 4.78 is 26.9. The molecule has 0 amide bonds. The Morgan fingerprint density at radius 1 is 1.41 bits per heavy atom. The van der Waals surface area contributed by atoms with E-state index in [-0.39, 0.29) is 17.3 Å². The fraction of sp³-hybridized carbons (Fsp3) is 0.385. The van der Waals surface area contributed by atoms with Gasteiger partial charge >= 0.3 is 5.97 Å². The molecular weight excluding hydrogens is 308 g/mol. The predicted molar refractivity (Wildman–Crippen MR) is 83.9 cm³/mol. The standard InChI is InChI=1S/C13H18N4O4S/c1-4-9(12(18)19)14-13-15-10-6-5-8(17(2)3)7-11(10)22(20,21)16-13/h5-7,9H,4H2,1-3H3,(H,18,19)(H2,14,15,16). The molecule has 3 N–H and O–H groups in total. The van der Waals surface area contributed by atoms with Gasteiger partial charge in [-0.1, -0.05) is 6.92 Å². The number of nitrogens with one attached hydrogen (secondary N) is 2. The second-order valence-corrected chi connectivity index (χ2v) is 6.70. The molecule has 2 rings (SSSR count). The first-order valence-corrected chi connectivity index (χ1v) is 8.14. The SMILES string of the molecule is CCC(N=C1Nc2ccc(N(C)C)cc2S(=O)(=O)N1)C(=O)O. The third kappa shape index (κ3) is 3.14. The van der Waals surface area contributed by atoms with Crippen molar-refractivity contribution in [2.75, 3.05) is 24.3 Å². The highest BCUT2D eigenvalue weighted by Gasteiger charge is 2.28. The van der Waals surface area contributed by atoms with Crippen molar-refractivity contribution in [2.45, 2.75) is 24.3 Å². The molecule has 0 radical (unpaired) electrons. The van der Waals surface area contributed by atoms with Gasteiger partial charge in [-0.05, 0) is 24.6 Å². The molecule has 1 unspecified atom stereocenters. The minimum Gasteiger partial charge on any atom is -0.480 e. The van der Waals surface area contributed by atoms with Gasteiger partial charge in [-0.15, -0.1) is 0 Å². The van der Waals surface area contributed by atoms with E-state index >= 15 is 0 Å². The summed E-state index contributed by atoms with van der Waals surface area (Å²) in [7, 11) is -0.171. The van der Waals surface area contributed by atoms with E-state index in [0.29, 0.717) is 5.69 Å². The lowest BCUT2D eigenvalue weighted by Crippen LogP contribution is -2.42. The Labute approximate surface area is 128 Å². The van der Waals surface area contributed by atoms with Gasteiger partial charge < -0.3 is 15.3 Å². The Balaban J connectivity index is 2.44. The molecule has 9 heteroatoms. The number of carbonyl (C=O) groups is 1. The van der Waals surface area contributed by atoms with Gasteiger partial charge in [0.15, 0.2) is 6.04 Å². The topological polar surface area (TPSA) is 111 Å². The van der Waals surface area contributed by atoms with Crippen LogP contribution in [0, 0.1) is 0 Å². The molecule has 0 spiro atoms. The number of guanidine groups is 1. The molecule has 0 aromatic heterocycles. The molecule has 0 saturated carbocycles. The molecule has 1 atom stereocenters. The maximum absolute atomic E-state index is 12.3. The number of rotatable bonds is 4. The minimum absolute atomic E-state index is 0.0839. The summed E-state index contributed by atoms with van der Waals surface area (Å²) in [4.78, 5) is 16.8. The first kappa shape index (κ1) is 16.1. The number of benzene rings is 1. The molecule has 120 valence electrons. The third-order valence-corrected chi connectivity index (χ3v) is 4.59. The van der Waals surface area contributed by atoms with E-state index in [4.69, 9.17) is 5.11 Å². The zero-order valence-corrected chi connectivity index (χ0v) is 13.3. The maximum atomic E-state index is 12.3. The largest absolute Gasteiger partial charge is 0.480 e. The Morgan fingerprint density at radius 3 is 2.64 bits per heavy atom. The van der Waals surface area contributed by atoms with Gasteiger partial charge in [0.2, 0.25) is 5.96 Å². The van der Waals surface area contributed by atoms with Gasteiger partial charge in [-0.3, -0.25) is 0 Å². The fourth-order valence-corrected chi connectivity index (χ4v) is 3.14. The molecular formula is C13H18N4O4S. The monoisotopic (exact) mass is 326 g/mol.